The van der Waals surface area contributed by atoms with Gasteiger partial charge in [0.2, 0.25) is 5.91 Å². The zero-order valence-electron chi connectivity index (χ0n) is 7.16. The molecule has 2 aliphatic rings. The molecule has 0 saturated carbocycles. The molecule has 0 aromatic rings. The van der Waals surface area contributed by atoms with Gasteiger partial charge in [-0.2, -0.15) is 0 Å². The number of hydrogen-bond donors (Lipinski definition) is 2. The van der Waals surface area contributed by atoms with Gasteiger partial charge in [0, 0.05) is 19.1 Å². The minimum Gasteiger partial charge on any atom is -0.310 e. The van der Waals surface area contributed by atoms with E-state index in [1.165, 1.54) is 13.5 Å². The van der Waals surface area contributed by atoms with Gasteiger partial charge in [0.25, 0.3) is 0 Å². The van der Waals surface area contributed by atoms with E-state index < -0.39 is 0 Å². The number of hydroxylamine groups is 2. The van der Waals surface area contributed by atoms with Gasteiger partial charge in [-0.05, 0) is 19.3 Å². The molecule has 0 spiro atoms. The number of fused-ring (bicyclic) bond motifs is 2. The summed E-state index contributed by atoms with van der Waals surface area (Å²) in [6.07, 6.45) is 3.16. The molecule has 12 heavy (non-hydrogen) atoms. The van der Waals surface area contributed by atoms with E-state index in [2.05, 4.69) is 5.32 Å². The quantitative estimate of drug-likeness (QED) is 0.429. The molecule has 3 unspecified atom stereocenters. The predicted molar refractivity (Wildman–Crippen MR) is 42.6 cm³/mol. The molecule has 4 nitrogen and oxygen atoms in total. The van der Waals surface area contributed by atoms with Crippen LogP contribution in [0.2, 0.25) is 0 Å². The third kappa shape index (κ3) is 1.11. The minimum absolute atomic E-state index is 0.0127. The van der Waals surface area contributed by atoms with Crippen LogP contribution in [-0.2, 0) is 4.79 Å². The van der Waals surface area contributed by atoms with Crippen LogP contribution in [0.25, 0.3) is 0 Å². The number of hydrogen-bond acceptors (Lipinski definition) is 3. The van der Waals surface area contributed by atoms with Gasteiger partial charge in [-0.1, -0.05) is 0 Å². The van der Waals surface area contributed by atoms with E-state index in [1.807, 2.05) is 0 Å². The van der Waals surface area contributed by atoms with Crippen LogP contribution in [0, 0.1) is 5.92 Å². The molecule has 2 saturated heterocycles. The zero-order valence-corrected chi connectivity index (χ0v) is 7.16. The summed E-state index contributed by atoms with van der Waals surface area (Å²) in [7, 11) is 1.40. The first-order chi connectivity index (χ1) is 5.68. The minimum atomic E-state index is -0.144. The second-order valence-corrected chi connectivity index (χ2v) is 3.75. The summed E-state index contributed by atoms with van der Waals surface area (Å²) in [5, 5.41) is 13.0. The van der Waals surface area contributed by atoms with Crippen molar-refractivity contribution in [3.63, 3.8) is 0 Å². The van der Waals surface area contributed by atoms with E-state index in [4.69, 9.17) is 5.21 Å². The highest BCUT2D eigenvalue weighted by molar-refractivity contribution is 5.78. The van der Waals surface area contributed by atoms with Crippen molar-refractivity contribution < 1.29 is 10.0 Å². The Morgan fingerprint density at radius 2 is 2.33 bits per heavy atom. The Labute approximate surface area is 71.5 Å². The van der Waals surface area contributed by atoms with Crippen molar-refractivity contribution in [2.24, 2.45) is 5.92 Å². The van der Waals surface area contributed by atoms with Crippen molar-refractivity contribution in [3.8, 4) is 0 Å². The lowest BCUT2D eigenvalue weighted by Gasteiger charge is -2.21. The molecule has 1 amide bonds. The van der Waals surface area contributed by atoms with Crippen molar-refractivity contribution in [2.45, 2.75) is 31.3 Å². The Kier molecular flexibility index (Phi) is 1.81. The molecule has 2 bridgehead atoms. The molecule has 2 fully saturated rings. The highest BCUT2D eigenvalue weighted by Gasteiger charge is 2.43. The molecular formula is C8H14N2O2. The van der Waals surface area contributed by atoms with E-state index in [0.717, 1.165) is 12.8 Å². The summed E-state index contributed by atoms with van der Waals surface area (Å²) >= 11 is 0. The van der Waals surface area contributed by atoms with Crippen molar-refractivity contribution in [3.05, 3.63) is 0 Å². The molecule has 0 aromatic carbocycles. The first-order valence-electron chi connectivity index (χ1n) is 4.41. The van der Waals surface area contributed by atoms with Gasteiger partial charge >= 0.3 is 0 Å². The molecule has 0 aliphatic carbocycles. The molecule has 2 rings (SSSR count). The number of amides is 1. The fourth-order valence-corrected chi connectivity index (χ4v) is 2.34. The Bertz CT molecular complexity index is 205. The maximum Gasteiger partial charge on any atom is 0.250 e. The van der Waals surface area contributed by atoms with Gasteiger partial charge < -0.3 is 5.32 Å². The summed E-state index contributed by atoms with van der Waals surface area (Å²) in [6, 6.07) is 0.834. The van der Waals surface area contributed by atoms with Gasteiger partial charge in [-0.3, -0.25) is 10.0 Å². The third-order valence-electron chi connectivity index (χ3n) is 2.94. The Hall–Kier alpha value is -0.610. The standard InChI is InChI=1S/C8H14N2O2/c1-10(12)8(11)6-4-5-2-3-7(6)9-5/h5-7,9,12H,2-4H2,1H3. The van der Waals surface area contributed by atoms with Crippen LogP contribution in [0.5, 0.6) is 0 Å². The average Bonchev–Trinajstić information content (AvgIpc) is 2.62. The van der Waals surface area contributed by atoms with E-state index in [0.29, 0.717) is 17.1 Å². The lowest BCUT2D eigenvalue weighted by molar-refractivity contribution is -0.164. The van der Waals surface area contributed by atoms with E-state index in [-0.39, 0.29) is 11.8 Å². The predicted octanol–water partition coefficient (Wildman–Crippen LogP) is -0.0255. The van der Waals surface area contributed by atoms with Crippen LogP contribution < -0.4 is 5.32 Å². The SMILES string of the molecule is CN(O)C(=O)C1CC2CCC1N2. The van der Waals surface area contributed by atoms with Crippen LogP contribution in [0.3, 0.4) is 0 Å². The van der Waals surface area contributed by atoms with E-state index in [1.54, 1.807) is 0 Å². The maximum absolute atomic E-state index is 11.4. The lowest BCUT2D eigenvalue weighted by atomic mass is 9.88. The topological polar surface area (TPSA) is 52.6 Å². The molecule has 0 radical (unpaired) electrons. The Morgan fingerprint density at radius 3 is 2.75 bits per heavy atom. The second-order valence-electron chi connectivity index (χ2n) is 3.75. The summed E-state index contributed by atoms with van der Waals surface area (Å²) in [4.78, 5) is 11.4. The van der Waals surface area contributed by atoms with Gasteiger partial charge in [-0.25, -0.2) is 5.06 Å². The Balaban J connectivity index is 2.02. The fraction of sp³-hybridized carbons (Fsp3) is 0.875. The van der Waals surface area contributed by atoms with Gasteiger partial charge in [0.1, 0.15) is 0 Å². The van der Waals surface area contributed by atoms with Crippen molar-refractivity contribution in [1.82, 2.24) is 10.4 Å². The van der Waals surface area contributed by atoms with E-state index in [9.17, 15) is 4.79 Å². The Morgan fingerprint density at radius 1 is 1.58 bits per heavy atom. The monoisotopic (exact) mass is 170 g/mol. The van der Waals surface area contributed by atoms with Crippen LogP contribution >= 0.6 is 0 Å². The highest BCUT2D eigenvalue weighted by Crippen LogP contribution is 2.33. The molecule has 2 heterocycles. The summed E-state index contributed by atoms with van der Waals surface area (Å²) in [5.74, 6) is -0.131. The van der Waals surface area contributed by atoms with Crippen LogP contribution in [-0.4, -0.2) is 35.3 Å². The first-order valence-corrected chi connectivity index (χ1v) is 4.41. The molecular weight excluding hydrogens is 156 g/mol. The molecule has 2 aliphatic heterocycles. The summed E-state index contributed by atoms with van der Waals surface area (Å²) < 4.78 is 0. The first kappa shape index (κ1) is 8.01. The van der Waals surface area contributed by atoms with Crippen LogP contribution in [0.4, 0.5) is 0 Å². The second kappa shape index (κ2) is 2.71. The van der Waals surface area contributed by atoms with Crippen molar-refractivity contribution in [1.29, 1.82) is 0 Å². The average molecular weight is 170 g/mol. The van der Waals surface area contributed by atoms with Crippen LogP contribution in [0.1, 0.15) is 19.3 Å². The fourth-order valence-electron chi connectivity index (χ4n) is 2.34. The zero-order chi connectivity index (χ0) is 8.72. The van der Waals surface area contributed by atoms with Gasteiger partial charge in [0.05, 0.1) is 5.92 Å². The van der Waals surface area contributed by atoms with Crippen molar-refractivity contribution >= 4 is 5.91 Å². The highest BCUT2D eigenvalue weighted by atomic mass is 16.5. The molecule has 68 valence electrons. The summed E-state index contributed by atoms with van der Waals surface area (Å²) in [6.45, 7) is 0. The normalized spacial score (nSPS) is 38.7. The molecule has 0 aromatic heterocycles. The number of nitrogens with zero attached hydrogens (tertiary/aromatic N) is 1. The van der Waals surface area contributed by atoms with Gasteiger partial charge in [-0.15, -0.1) is 0 Å². The van der Waals surface area contributed by atoms with Gasteiger partial charge in [0.15, 0.2) is 0 Å². The largest absolute Gasteiger partial charge is 0.310 e. The summed E-state index contributed by atoms with van der Waals surface area (Å²) in [5.41, 5.74) is 0. The van der Waals surface area contributed by atoms with E-state index >= 15 is 0 Å². The maximum atomic E-state index is 11.4. The van der Waals surface area contributed by atoms with Crippen LogP contribution in [0.15, 0.2) is 0 Å². The number of rotatable bonds is 1. The molecule has 2 N–H and O–H groups in total. The number of carbonyl (C=O) groups excluding carboxylic acids is 1. The third-order valence-corrected chi connectivity index (χ3v) is 2.94. The lowest BCUT2D eigenvalue weighted by Crippen LogP contribution is -2.37. The number of carbonyl (C=O) groups is 1. The molecule has 4 heteroatoms. The smallest absolute Gasteiger partial charge is 0.250 e. The number of nitrogens with one attached hydrogen (secondary N) is 1. The molecule has 3 atom stereocenters. The van der Waals surface area contributed by atoms with Crippen molar-refractivity contribution in [2.75, 3.05) is 7.05 Å².